The predicted octanol–water partition coefficient (Wildman–Crippen LogP) is 2.91. The van der Waals surface area contributed by atoms with Crippen molar-refractivity contribution < 1.29 is 19.1 Å². The first kappa shape index (κ1) is 14.3. The maximum absolute atomic E-state index is 12.3. The number of fused-ring (bicyclic) bond motifs is 1. The minimum Gasteiger partial charge on any atom is -0.480 e. The zero-order valence-electron chi connectivity index (χ0n) is 10.5. The molecule has 0 spiro atoms. The van der Waals surface area contributed by atoms with E-state index >= 15 is 0 Å². The highest BCUT2D eigenvalue weighted by Crippen LogP contribution is 2.27. The second-order valence-corrected chi connectivity index (χ2v) is 4.99. The fourth-order valence-electron chi connectivity index (χ4n) is 1.83. The lowest BCUT2D eigenvalue weighted by atomic mass is 10.2. The number of furan rings is 1. The highest BCUT2D eigenvalue weighted by molar-refractivity contribution is 9.10. The van der Waals surface area contributed by atoms with E-state index in [-0.39, 0.29) is 12.3 Å². The van der Waals surface area contributed by atoms with E-state index in [1.165, 1.54) is 6.08 Å². The number of para-hydroxylation sites is 1. The quantitative estimate of drug-likeness (QED) is 0.851. The summed E-state index contributed by atoms with van der Waals surface area (Å²) in [5, 5.41) is 9.60. The number of aliphatic carboxylic acids is 1. The molecule has 0 fully saturated rings. The van der Waals surface area contributed by atoms with Crippen molar-refractivity contribution >= 4 is 38.8 Å². The summed E-state index contributed by atoms with van der Waals surface area (Å²) in [5.74, 6) is -1.46. The van der Waals surface area contributed by atoms with Crippen LogP contribution >= 0.6 is 15.9 Å². The predicted molar refractivity (Wildman–Crippen MR) is 77.7 cm³/mol. The molecule has 1 amide bonds. The van der Waals surface area contributed by atoms with Crippen molar-refractivity contribution in [2.45, 2.75) is 0 Å². The van der Waals surface area contributed by atoms with Crippen molar-refractivity contribution in [3.05, 3.63) is 47.2 Å². The summed E-state index contributed by atoms with van der Waals surface area (Å²) < 4.78 is 6.24. The van der Waals surface area contributed by atoms with E-state index in [1.807, 2.05) is 12.1 Å². The molecule has 0 saturated carbocycles. The van der Waals surface area contributed by atoms with Crippen LogP contribution in [-0.4, -0.2) is 35.0 Å². The van der Waals surface area contributed by atoms with Gasteiger partial charge in [0, 0.05) is 11.9 Å². The van der Waals surface area contributed by atoms with E-state index in [4.69, 9.17) is 9.52 Å². The molecule has 1 N–H and O–H groups in total. The van der Waals surface area contributed by atoms with Gasteiger partial charge >= 0.3 is 5.97 Å². The van der Waals surface area contributed by atoms with Crippen molar-refractivity contribution in [3.8, 4) is 0 Å². The van der Waals surface area contributed by atoms with Crippen molar-refractivity contribution in [2.24, 2.45) is 0 Å². The molecule has 0 aliphatic heterocycles. The van der Waals surface area contributed by atoms with E-state index in [2.05, 4.69) is 22.5 Å². The minimum absolute atomic E-state index is 0.106. The van der Waals surface area contributed by atoms with Gasteiger partial charge in [-0.25, -0.2) is 0 Å². The van der Waals surface area contributed by atoms with E-state index < -0.39 is 18.4 Å². The number of nitrogens with zero attached hydrogens (tertiary/aromatic N) is 1. The first-order chi connectivity index (χ1) is 9.52. The molecule has 20 heavy (non-hydrogen) atoms. The van der Waals surface area contributed by atoms with Crippen LogP contribution in [0.5, 0.6) is 0 Å². The molecule has 2 rings (SSSR count). The van der Waals surface area contributed by atoms with Crippen molar-refractivity contribution in [1.82, 2.24) is 4.90 Å². The first-order valence-corrected chi connectivity index (χ1v) is 6.62. The molecule has 0 aliphatic carbocycles. The van der Waals surface area contributed by atoms with Gasteiger partial charge in [0.1, 0.15) is 12.1 Å². The lowest BCUT2D eigenvalue weighted by Crippen LogP contribution is -2.35. The average molecular weight is 338 g/mol. The van der Waals surface area contributed by atoms with Crippen LogP contribution in [0.3, 0.4) is 0 Å². The van der Waals surface area contributed by atoms with Crippen LogP contribution < -0.4 is 0 Å². The third-order valence-electron chi connectivity index (χ3n) is 2.67. The standard InChI is InChI=1S/C14H12BrNO4/c1-2-6-16(8-12(17)18)14(19)11-7-9-4-3-5-10(15)13(9)20-11/h2-5,7H,1,6,8H2,(H,17,18). The largest absolute Gasteiger partial charge is 0.480 e. The van der Waals surface area contributed by atoms with Crippen LogP contribution in [0.15, 0.2) is 45.8 Å². The molecule has 0 saturated heterocycles. The minimum atomic E-state index is -1.09. The summed E-state index contributed by atoms with van der Waals surface area (Å²) in [4.78, 5) is 24.2. The molecule has 6 heteroatoms. The summed E-state index contributed by atoms with van der Waals surface area (Å²) in [6, 6.07) is 7.05. The van der Waals surface area contributed by atoms with E-state index in [1.54, 1.807) is 12.1 Å². The maximum Gasteiger partial charge on any atom is 0.323 e. The second-order valence-electron chi connectivity index (χ2n) is 4.14. The van der Waals surface area contributed by atoms with Gasteiger partial charge in [-0.2, -0.15) is 0 Å². The Kier molecular flexibility index (Phi) is 4.24. The highest BCUT2D eigenvalue weighted by Gasteiger charge is 2.21. The number of hydrogen-bond acceptors (Lipinski definition) is 3. The Bertz CT molecular complexity index is 677. The van der Waals surface area contributed by atoms with Crippen molar-refractivity contribution in [1.29, 1.82) is 0 Å². The SMILES string of the molecule is C=CCN(CC(=O)O)C(=O)c1cc2cccc(Br)c2o1. The summed E-state index contributed by atoms with van der Waals surface area (Å²) in [6.45, 7) is 3.26. The van der Waals surface area contributed by atoms with E-state index in [0.29, 0.717) is 5.58 Å². The smallest absolute Gasteiger partial charge is 0.323 e. The molecule has 0 radical (unpaired) electrons. The molecule has 0 aliphatic rings. The molecule has 1 aromatic carbocycles. The normalized spacial score (nSPS) is 10.4. The van der Waals surface area contributed by atoms with Gasteiger partial charge in [0.2, 0.25) is 0 Å². The Morgan fingerprint density at radius 1 is 1.45 bits per heavy atom. The molecule has 2 aromatic rings. The zero-order valence-corrected chi connectivity index (χ0v) is 12.1. The molecule has 1 heterocycles. The molecular formula is C14H12BrNO4. The fraction of sp³-hybridized carbons (Fsp3) is 0.143. The zero-order chi connectivity index (χ0) is 14.7. The molecule has 0 unspecified atom stereocenters. The number of carboxylic acids is 1. The molecule has 104 valence electrons. The average Bonchev–Trinajstić information content (AvgIpc) is 2.82. The summed E-state index contributed by atoms with van der Waals surface area (Å²) in [7, 11) is 0. The molecule has 0 bridgehead atoms. The van der Waals surface area contributed by atoms with Crippen LogP contribution in [0.25, 0.3) is 11.0 Å². The van der Waals surface area contributed by atoms with Gasteiger partial charge in [0.25, 0.3) is 5.91 Å². The Hall–Kier alpha value is -2.08. The number of carbonyl (C=O) groups excluding carboxylic acids is 1. The number of benzene rings is 1. The number of rotatable bonds is 5. The first-order valence-electron chi connectivity index (χ1n) is 5.83. The Labute approximate surface area is 123 Å². The maximum atomic E-state index is 12.3. The van der Waals surface area contributed by atoms with Gasteiger partial charge in [0.05, 0.1) is 4.47 Å². The van der Waals surface area contributed by atoms with Crippen LogP contribution in [-0.2, 0) is 4.79 Å². The van der Waals surface area contributed by atoms with Gasteiger partial charge in [-0.1, -0.05) is 18.2 Å². The number of carboxylic acid groups (broad SMARTS) is 1. The van der Waals surface area contributed by atoms with Gasteiger partial charge in [0.15, 0.2) is 5.76 Å². The summed E-state index contributed by atoms with van der Waals surface area (Å²) in [5.41, 5.74) is 0.560. The highest BCUT2D eigenvalue weighted by atomic mass is 79.9. The van der Waals surface area contributed by atoms with Crippen LogP contribution in [0.4, 0.5) is 0 Å². The number of amides is 1. The van der Waals surface area contributed by atoms with E-state index in [0.717, 1.165) is 14.8 Å². The Morgan fingerprint density at radius 2 is 2.20 bits per heavy atom. The number of hydrogen-bond donors (Lipinski definition) is 1. The van der Waals surface area contributed by atoms with Gasteiger partial charge in [-0.3, -0.25) is 9.59 Å². The molecule has 1 aromatic heterocycles. The van der Waals surface area contributed by atoms with Crippen molar-refractivity contribution in [3.63, 3.8) is 0 Å². The van der Waals surface area contributed by atoms with Gasteiger partial charge < -0.3 is 14.4 Å². The Balaban J connectivity index is 2.35. The second kappa shape index (κ2) is 5.92. The van der Waals surface area contributed by atoms with E-state index in [9.17, 15) is 9.59 Å². The summed E-state index contributed by atoms with van der Waals surface area (Å²) in [6.07, 6.45) is 1.47. The Morgan fingerprint density at radius 3 is 2.80 bits per heavy atom. The third-order valence-corrected chi connectivity index (χ3v) is 3.29. The third kappa shape index (κ3) is 2.91. The van der Waals surface area contributed by atoms with Crippen LogP contribution in [0, 0.1) is 0 Å². The monoisotopic (exact) mass is 337 g/mol. The van der Waals surface area contributed by atoms with Gasteiger partial charge in [-0.15, -0.1) is 6.58 Å². The number of halogens is 1. The van der Waals surface area contributed by atoms with Crippen molar-refractivity contribution in [2.75, 3.05) is 13.1 Å². The fourth-order valence-corrected chi connectivity index (χ4v) is 2.29. The molecular weight excluding hydrogens is 326 g/mol. The van der Waals surface area contributed by atoms with Gasteiger partial charge in [-0.05, 0) is 28.1 Å². The summed E-state index contributed by atoms with van der Waals surface area (Å²) >= 11 is 3.34. The topological polar surface area (TPSA) is 70.8 Å². The number of carbonyl (C=O) groups is 2. The molecule has 5 nitrogen and oxygen atoms in total. The molecule has 0 atom stereocenters. The van der Waals surface area contributed by atoms with Crippen LogP contribution in [0.2, 0.25) is 0 Å². The lowest BCUT2D eigenvalue weighted by Gasteiger charge is -2.16. The van der Waals surface area contributed by atoms with Crippen LogP contribution in [0.1, 0.15) is 10.6 Å². The lowest BCUT2D eigenvalue weighted by molar-refractivity contribution is -0.137.